The van der Waals surface area contributed by atoms with Crippen LogP contribution in [0.2, 0.25) is 5.02 Å². The van der Waals surface area contributed by atoms with Gasteiger partial charge in [0.2, 0.25) is 0 Å². The molecule has 0 radical (unpaired) electrons. The zero-order chi connectivity index (χ0) is 12.4. The van der Waals surface area contributed by atoms with Crippen molar-refractivity contribution in [1.82, 2.24) is 14.8 Å². The van der Waals surface area contributed by atoms with Crippen LogP contribution in [0.15, 0.2) is 29.4 Å². The van der Waals surface area contributed by atoms with Gasteiger partial charge < -0.3 is 4.57 Å². The van der Waals surface area contributed by atoms with E-state index in [9.17, 15) is 0 Å². The summed E-state index contributed by atoms with van der Waals surface area (Å²) in [6.45, 7) is 4.27. The van der Waals surface area contributed by atoms with E-state index < -0.39 is 0 Å². The van der Waals surface area contributed by atoms with Crippen molar-refractivity contribution in [2.45, 2.75) is 24.3 Å². The highest BCUT2D eigenvalue weighted by molar-refractivity contribution is 7.99. The van der Waals surface area contributed by atoms with Gasteiger partial charge in [0.05, 0.1) is 5.02 Å². The second-order valence-electron chi connectivity index (χ2n) is 4.01. The normalized spacial score (nSPS) is 11.1. The molecule has 0 amide bonds. The van der Waals surface area contributed by atoms with Crippen LogP contribution in [0.1, 0.15) is 13.8 Å². The summed E-state index contributed by atoms with van der Waals surface area (Å²) in [6, 6.07) is 7.67. The van der Waals surface area contributed by atoms with Gasteiger partial charge in [-0.05, 0) is 12.1 Å². The lowest BCUT2D eigenvalue weighted by Crippen LogP contribution is -1.97. The van der Waals surface area contributed by atoms with Crippen LogP contribution in [-0.2, 0) is 7.05 Å². The van der Waals surface area contributed by atoms with Gasteiger partial charge in [-0.3, -0.25) is 0 Å². The van der Waals surface area contributed by atoms with Gasteiger partial charge in [-0.1, -0.05) is 49.3 Å². The highest BCUT2D eigenvalue weighted by atomic mass is 35.5. The van der Waals surface area contributed by atoms with Gasteiger partial charge in [0, 0.05) is 17.9 Å². The van der Waals surface area contributed by atoms with E-state index in [0.717, 1.165) is 16.5 Å². The molecule has 90 valence electrons. The van der Waals surface area contributed by atoms with Gasteiger partial charge in [-0.25, -0.2) is 0 Å². The van der Waals surface area contributed by atoms with Gasteiger partial charge in [-0.2, -0.15) is 0 Å². The predicted octanol–water partition coefficient (Wildman–Crippen LogP) is 3.64. The Morgan fingerprint density at radius 2 is 1.94 bits per heavy atom. The summed E-state index contributed by atoms with van der Waals surface area (Å²) in [5, 5.41) is 10.5. The van der Waals surface area contributed by atoms with Gasteiger partial charge in [0.15, 0.2) is 11.0 Å². The molecule has 1 aromatic carbocycles. The average molecular weight is 268 g/mol. The second-order valence-corrected chi connectivity index (χ2v) is 5.96. The van der Waals surface area contributed by atoms with Crippen LogP contribution in [0, 0.1) is 0 Å². The molecule has 0 aliphatic rings. The largest absolute Gasteiger partial charge is 0.305 e. The third-order valence-corrected chi connectivity index (χ3v) is 3.66. The number of aromatic nitrogens is 3. The Balaban J connectivity index is 2.41. The molecule has 2 rings (SSSR count). The third-order valence-electron chi connectivity index (χ3n) is 2.29. The van der Waals surface area contributed by atoms with Crippen LogP contribution in [-0.4, -0.2) is 20.0 Å². The SMILES string of the molecule is CC(C)Sc1nnc(-c2ccccc2Cl)n1C. The number of hydrogen-bond donors (Lipinski definition) is 0. The van der Waals surface area contributed by atoms with Gasteiger partial charge in [0.25, 0.3) is 0 Å². The van der Waals surface area contributed by atoms with Crippen LogP contribution >= 0.6 is 23.4 Å². The Bertz CT molecular complexity index is 522. The molecule has 0 saturated carbocycles. The minimum absolute atomic E-state index is 0.483. The van der Waals surface area contributed by atoms with Crippen LogP contribution in [0.5, 0.6) is 0 Å². The van der Waals surface area contributed by atoms with Crippen molar-refractivity contribution in [2.75, 3.05) is 0 Å². The summed E-state index contributed by atoms with van der Waals surface area (Å²) < 4.78 is 1.98. The Morgan fingerprint density at radius 3 is 2.59 bits per heavy atom. The summed E-state index contributed by atoms with van der Waals surface area (Å²) in [5.41, 5.74) is 0.916. The molecule has 0 bridgehead atoms. The van der Waals surface area contributed by atoms with Crippen LogP contribution in [0.25, 0.3) is 11.4 Å². The first-order chi connectivity index (χ1) is 8.09. The standard InChI is InChI=1S/C12H14ClN3S/c1-8(2)17-12-15-14-11(16(12)3)9-6-4-5-7-10(9)13/h4-8H,1-3H3. The first-order valence-corrected chi connectivity index (χ1v) is 6.66. The fourth-order valence-corrected chi connectivity index (χ4v) is 2.48. The van der Waals surface area contributed by atoms with Crippen LogP contribution in [0.4, 0.5) is 0 Å². The van der Waals surface area contributed by atoms with E-state index in [1.54, 1.807) is 11.8 Å². The number of rotatable bonds is 3. The van der Waals surface area contributed by atoms with Gasteiger partial charge in [-0.15, -0.1) is 10.2 Å². The molecule has 1 aromatic heterocycles. The van der Waals surface area contributed by atoms with E-state index in [4.69, 9.17) is 11.6 Å². The maximum atomic E-state index is 6.16. The Labute approximate surface area is 110 Å². The first kappa shape index (κ1) is 12.5. The number of nitrogens with zero attached hydrogens (tertiary/aromatic N) is 3. The van der Waals surface area contributed by atoms with E-state index in [0.29, 0.717) is 10.3 Å². The highest BCUT2D eigenvalue weighted by Gasteiger charge is 2.14. The van der Waals surface area contributed by atoms with E-state index in [2.05, 4.69) is 24.0 Å². The third kappa shape index (κ3) is 2.64. The number of thioether (sulfide) groups is 1. The molecule has 2 aromatic rings. The van der Waals surface area contributed by atoms with Crippen molar-refractivity contribution < 1.29 is 0 Å². The molecule has 0 N–H and O–H groups in total. The number of benzene rings is 1. The molecule has 0 aliphatic heterocycles. The van der Waals surface area contributed by atoms with E-state index >= 15 is 0 Å². The van der Waals surface area contributed by atoms with E-state index in [1.165, 1.54) is 0 Å². The summed E-state index contributed by atoms with van der Waals surface area (Å²) in [5.74, 6) is 0.804. The molecule has 3 nitrogen and oxygen atoms in total. The lowest BCUT2D eigenvalue weighted by atomic mass is 10.2. The van der Waals surface area contributed by atoms with Crippen molar-refractivity contribution in [3.05, 3.63) is 29.3 Å². The van der Waals surface area contributed by atoms with Crippen molar-refractivity contribution >= 4 is 23.4 Å². The Hall–Kier alpha value is -1.00. The Morgan fingerprint density at radius 1 is 1.24 bits per heavy atom. The van der Waals surface area contributed by atoms with Crippen molar-refractivity contribution in [1.29, 1.82) is 0 Å². The molecule has 0 unspecified atom stereocenters. The fourth-order valence-electron chi connectivity index (χ4n) is 1.51. The molecule has 0 saturated heterocycles. The molecular weight excluding hydrogens is 254 g/mol. The van der Waals surface area contributed by atoms with Crippen molar-refractivity contribution in [3.63, 3.8) is 0 Å². The highest BCUT2D eigenvalue weighted by Crippen LogP contribution is 2.29. The molecule has 5 heteroatoms. The van der Waals surface area contributed by atoms with Crippen molar-refractivity contribution in [3.8, 4) is 11.4 Å². The maximum absolute atomic E-state index is 6.16. The smallest absolute Gasteiger partial charge is 0.191 e. The molecule has 0 fully saturated rings. The lowest BCUT2D eigenvalue weighted by Gasteiger charge is -2.06. The molecule has 17 heavy (non-hydrogen) atoms. The summed E-state index contributed by atoms with van der Waals surface area (Å²) in [7, 11) is 1.96. The second kappa shape index (κ2) is 5.10. The number of hydrogen-bond acceptors (Lipinski definition) is 3. The van der Waals surface area contributed by atoms with Gasteiger partial charge >= 0.3 is 0 Å². The van der Waals surface area contributed by atoms with Crippen LogP contribution in [0.3, 0.4) is 0 Å². The summed E-state index contributed by atoms with van der Waals surface area (Å²) >= 11 is 7.85. The first-order valence-electron chi connectivity index (χ1n) is 5.40. The molecular formula is C12H14ClN3S. The summed E-state index contributed by atoms with van der Waals surface area (Å²) in [4.78, 5) is 0. The zero-order valence-electron chi connectivity index (χ0n) is 10.0. The topological polar surface area (TPSA) is 30.7 Å². The number of halogens is 1. The van der Waals surface area contributed by atoms with Crippen LogP contribution < -0.4 is 0 Å². The monoisotopic (exact) mass is 267 g/mol. The minimum Gasteiger partial charge on any atom is -0.305 e. The fraction of sp³-hybridized carbons (Fsp3) is 0.333. The average Bonchev–Trinajstić information content (AvgIpc) is 2.61. The molecule has 1 heterocycles. The van der Waals surface area contributed by atoms with E-state index in [-0.39, 0.29) is 0 Å². The predicted molar refractivity (Wildman–Crippen MR) is 72.4 cm³/mol. The van der Waals surface area contributed by atoms with Crippen molar-refractivity contribution in [2.24, 2.45) is 7.05 Å². The summed E-state index contributed by atoms with van der Waals surface area (Å²) in [6.07, 6.45) is 0. The van der Waals surface area contributed by atoms with Gasteiger partial charge in [0.1, 0.15) is 0 Å². The molecule has 0 aliphatic carbocycles. The lowest BCUT2D eigenvalue weighted by molar-refractivity contribution is 0.790. The quantitative estimate of drug-likeness (QED) is 0.796. The maximum Gasteiger partial charge on any atom is 0.191 e. The molecule has 0 spiro atoms. The molecule has 0 atom stereocenters. The minimum atomic E-state index is 0.483. The zero-order valence-corrected chi connectivity index (χ0v) is 11.6. The van der Waals surface area contributed by atoms with E-state index in [1.807, 2.05) is 35.9 Å². The Kier molecular flexibility index (Phi) is 3.74.